The van der Waals surface area contributed by atoms with Gasteiger partial charge in [0.2, 0.25) is 0 Å². The van der Waals surface area contributed by atoms with Crippen LogP contribution >= 0.6 is 0 Å². The molecule has 0 spiro atoms. The van der Waals surface area contributed by atoms with E-state index in [1.54, 1.807) is 0 Å². The maximum Gasteiger partial charge on any atom is 0.164 e. The molecule has 0 radical (unpaired) electrons. The fourth-order valence-electron chi connectivity index (χ4n) is 10.4. The van der Waals surface area contributed by atoms with Crippen molar-refractivity contribution in [3.8, 4) is 11.1 Å². The number of quaternary nitrogens is 1. The van der Waals surface area contributed by atoms with Crippen molar-refractivity contribution in [3.05, 3.63) is 243 Å². The van der Waals surface area contributed by atoms with E-state index in [9.17, 15) is 0 Å². The first-order valence-electron chi connectivity index (χ1n) is 21.4. The third kappa shape index (κ3) is 5.41. The molecule has 2 nitrogen and oxygen atoms in total. The van der Waals surface area contributed by atoms with Gasteiger partial charge in [0.25, 0.3) is 0 Å². The Bertz CT molecular complexity index is 3460. The van der Waals surface area contributed by atoms with Crippen LogP contribution in [0.1, 0.15) is 0 Å². The third-order valence-electron chi connectivity index (χ3n) is 12.9. The number of hydrogen-bond donors (Lipinski definition) is 1. The molecule has 0 aliphatic carbocycles. The SMILES string of the molecule is c1ccc(Nc2c3ccccc3c(-c3c4ccccc4c([N+](c4ccccc4)(c4cccc5ccccc45)c4cccc5ccccc45)c4ccccc34)c3ccccc23)cc1. The highest BCUT2D eigenvalue weighted by Crippen LogP contribution is 2.61. The Morgan fingerprint density at radius 2 is 0.597 bits per heavy atom. The summed E-state index contributed by atoms with van der Waals surface area (Å²) in [6, 6.07) is 89.3. The lowest BCUT2D eigenvalue weighted by Gasteiger charge is -2.40. The molecule has 0 fully saturated rings. The molecule has 0 unspecified atom stereocenters. The number of nitrogens with one attached hydrogen (secondary N) is 1. The van der Waals surface area contributed by atoms with E-state index in [1.807, 2.05) is 0 Å². The van der Waals surface area contributed by atoms with Crippen molar-refractivity contribution in [3.63, 3.8) is 0 Å². The molecular formula is C60H41N2+. The van der Waals surface area contributed by atoms with Crippen molar-refractivity contribution in [2.45, 2.75) is 0 Å². The Morgan fingerprint density at radius 3 is 1.06 bits per heavy atom. The van der Waals surface area contributed by atoms with Gasteiger partial charge < -0.3 is 5.32 Å². The van der Waals surface area contributed by atoms with Gasteiger partial charge in [0.15, 0.2) is 17.1 Å². The number of benzene rings is 12. The zero-order valence-corrected chi connectivity index (χ0v) is 34.0. The molecule has 0 atom stereocenters. The molecule has 0 saturated carbocycles. The fraction of sp³-hybridized carbons (Fsp3) is 0. The van der Waals surface area contributed by atoms with Gasteiger partial charge in [-0.1, -0.05) is 182 Å². The van der Waals surface area contributed by atoms with Gasteiger partial charge in [-0.15, -0.1) is 0 Å². The minimum absolute atomic E-state index is 0.367. The van der Waals surface area contributed by atoms with Gasteiger partial charge in [0, 0.05) is 62.3 Å². The summed E-state index contributed by atoms with van der Waals surface area (Å²) in [7, 11) is 0. The zero-order chi connectivity index (χ0) is 41.0. The van der Waals surface area contributed by atoms with Crippen LogP contribution in [-0.4, -0.2) is 0 Å². The lowest BCUT2D eigenvalue weighted by atomic mass is 9.83. The first-order chi connectivity index (χ1) is 30.8. The predicted octanol–water partition coefficient (Wildman–Crippen LogP) is 17.3. The molecular weight excluding hydrogens is 749 g/mol. The lowest BCUT2D eigenvalue weighted by Crippen LogP contribution is -2.34. The number of hydrogen-bond acceptors (Lipinski definition) is 1. The summed E-state index contributed by atoms with van der Waals surface area (Å²) < 4.78 is 0.367. The van der Waals surface area contributed by atoms with Crippen LogP contribution < -0.4 is 9.80 Å². The van der Waals surface area contributed by atoms with Crippen molar-refractivity contribution < 1.29 is 0 Å². The van der Waals surface area contributed by atoms with Crippen LogP contribution in [0, 0.1) is 0 Å². The number of rotatable bonds is 7. The largest absolute Gasteiger partial charge is 0.355 e. The van der Waals surface area contributed by atoms with Crippen molar-refractivity contribution in [2.75, 3.05) is 5.32 Å². The zero-order valence-electron chi connectivity index (χ0n) is 34.0. The van der Waals surface area contributed by atoms with Crippen LogP contribution in [-0.2, 0) is 0 Å². The van der Waals surface area contributed by atoms with Gasteiger partial charge in [-0.2, -0.15) is 4.48 Å². The van der Waals surface area contributed by atoms with E-state index in [0.29, 0.717) is 4.48 Å². The molecule has 12 aromatic carbocycles. The monoisotopic (exact) mass is 789 g/mol. The summed E-state index contributed by atoms with van der Waals surface area (Å²) >= 11 is 0. The molecule has 290 valence electrons. The summed E-state index contributed by atoms with van der Waals surface area (Å²) in [4.78, 5) is 0. The van der Waals surface area contributed by atoms with Gasteiger partial charge in [0.1, 0.15) is 5.69 Å². The summed E-state index contributed by atoms with van der Waals surface area (Å²) in [6.07, 6.45) is 0. The van der Waals surface area contributed by atoms with Crippen LogP contribution in [0.15, 0.2) is 243 Å². The van der Waals surface area contributed by atoms with Gasteiger partial charge in [0.05, 0.1) is 5.69 Å². The topological polar surface area (TPSA) is 12.0 Å². The number of nitrogens with zero attached hydrogens (tertiary/aromatic N) is 1. The summed E-state index contributed by atoms with van der Waals surface area (Å²) in [5, 5.41) is 18.3. The number of para-hydroxylation sites is 2. The van der Waals surface area contributed by atoms with E-state index in [0.717, 1.165) is 17.1 Å². The lowest BCUT2D eigenvalue weighted by molar-refractivity contribution is 0.726. The van der Waals surface area contributed by atoms with Gasteiger partial charge >= 0.3 is 0 Å². The quantitative estimate of drug-likeness (QED) is 0.125. The second-order valence-corrected chi connectivity index (χ2v) is 16.1. The molecule has 0 aliphatic rings. The van der Waals surface area contributed by atoms with Crippen molar-refractivity contribution in [2.24, 2.45) is 0 Å². The maximum absolute atomic E-state index is 3.85. The molecule has 0 heterocycles. The average molecular weight is 790 g/mol. The van der Waals surface area contributed by atoms with E-state index >= 15 is 0 Å². The molecule has 12 aromatic rings. The molecule has 0 saturated heterocycles. The second-order valence-electron chi connectivity index (χ2n) is 16.1. The Labute approximate surface area is 360 Å². The standard InChI is InChI=1S/C60H41N2/c1-3-25-43(26-4-1)61-59-51-35-15-11-31-47(51)57(48-32-12-16-36-52(48)59)58-49-33-13-17-37-53(49)60(54-38-18-14-34-50(54)58)62(44-27-5-2-6-28-44,55-39-19-23-41-21-7-9-29-45(41)55)56-40-20-24-42-22-8-10-30-46(42)56/h1-40,61H/q+1. The average Bonchev–Trinajstić information content (AvgIpc) is 3.35. The molecule has 0 amide bonds. The fourth-order valence-corrected chi connectivity index (χ4v) is 10.4. The van der Waals surface area contributed by atoms with Crippen molar-refractivity contribution in [1.82, 2.24) is 4.48 Å². The Balaban J connectivity index is 1.30. The molecule has 0 aliphatic heterocycles. The second kappa shape index (κ2) is 14.6. The summed E-state index contributed by atoms with van der Waals surface area (Å²) in [5.74, 6) is 0. The van der Waals surface area contributed by atoms with Crippen molar-refractivity contribution in [1.29, 1.82) is 0 Å². The first kappa shape index (κ1) is 35.9. The molecule has 12 rings (SSSR count). The van der Waals surface area contributed by atoms with Crippen LogP contribution in [0.25, 0.3) is 75.8 Å². The van der Waals surface area contributed by atoms with E-state index in [4.69, 9.17) is 0 Å². The van der Waals surface area contributed by atoms with Gasteiger partial charge in [-0.3, -0.25) is 0 Å². The Hall–Kier alpha value is -8.04. The third-order valence-corrected chi connectivity index (χ3v) is 12.9. The molecule has 0 aromatic heterocycles. The Kier molecular flexibility index (Phi) is 8.45. The molecule has 62 heavy (non-hydrogen) atoms. The van der Waals surface area contributed by atoms with E-state index in [1.165, 1.54) is 92.8 Å². The molecule has 1 N–H and O–H groups in total. The van der Waals surface area contributed by atoms with Crippen LogP contribution in [0.4, 0.5) is 34.1 Å². The summed E-state index contributed by atoms with van der Waals surface area (Å²) in [6.45, 7) is 0. The minimum atomic E-state index is 0.367. The Morgan fingerprint density at radius 1 is 0.258 bits per heavy atom. The van der Waals surface area contributed by atoms with Crippen LogP contribution in [0.5, 0.6) is 0 Å². The predicted molar refractivity (Wildman–Crippen MR) is 267 cm³/mol. The normalized spacial score (nSPS) is 11.9. The molecule has 0 bridgehead atoms. The maximum atomic E-state index is 3.85. The van der Waals surface area contributed by atoms with Gasteiger partial charge in [-0.05, 0) is 79.8 Å². The van der Waals surface area contributed by atoms with Crippen LogP contribution in [0.2, 0.25) is 0 Å². The highest BCUT2D eigenvalue weighted by molar-refractivity contribution is 6.30. The van der Waals surface area contributed by atoms with E-state index in [2.05, 4.69) is 248 Å². The van der Waals surface area contributed by atoms with E-state index in [-0.39, 0.29) is 0 Å². The highest BCUT2D eigenvalue weighted by atomic mass is 15.4. The minimum Gasteiger partial charge on any atom is -0.355 e. The molecule has 2 heteroatoms. The van der Waals surface area contributed by atoms with Crippen LogP contribution in [0.3, 0.4) is 0 Å². The van der Waals surface area contributed by atoms with Gasteiger partial charge in [-0.25, -0.2) is 0 Å². The summed E-state index contributed by atoms with van der Waals surface area (Å²) in [5.41, 5.74) is 9.42. The first-order valence-corrected chi connectivity index (χ1v) is 21.4. The van der Waals surface area contributed by atoms with Crippen molar-refractivity contribution >= 4 is 98.8 Å². The smallest absolute Gasteiger partial charge is 0.164 e. The number of fused-ring (bicyclic) bond motifs is 6. The van der Waals surface area contributed by atoms with E-state index < -0.39 is 0 Å². The highest BCUT2D eigenvalue weighted by Gasteiger charge is 2.44. The number of anilines is 2.